The normalized spacial score (nSPS) is 18.6. The number of anilines is 1. The predicted molar refractivity (Wildman–Crippen MR) is 79.3 cm³/mol. The average Bonchev–Trinajstić information content (AvgIpc) is 2.84. The summed E-state index contributed by atoms with van der Waals surface area (Å²) in [5.74, 6) is 0.159. The van der Waals surface area contributed by atoms with Crippen molar-refractivity contribution < 1.29 is 4.79 Å². The van der Waals surface area contributed by atoms with Crippen molar-refractivity contribution in [2.45, 2.75) is 13.0 Å². The Morgan fingerprint density at radius 3 is 2.72 bits per heavy atom. The summed E-state index contributed by atoms with van der Waals surface area (Å²) in [6, 6.07) is 3.88. The van der Waals surface area contributed by atoms with E-state index >= 15 is 0 Å². The van der Waals surface area contributed by atoms with E-state index < -0.39 is 0 Å². The van der Waals surface area contributed by atoms with Crippen molar-refractivity contribution in [1.82, 2.24) is 10.2 Å². The van der Waals surface area contributed by atoms with Crippen molar-refractivity contribution in [1.29, 1.82) is 0 Å². The lowest BCUT2D eigenvalue weighted by Gasteiger charge is -2.33. The van der Waals surface area contributed by atoms with Gasteiger partial charge in [0.1, 0.15) is 0 Å². The van der Waals surface area contributed by atoms with Gasteiger partial charge in [0.2, 0.25) is 5.91 Å². The molecule has 0 saturated carbocycles. The van der Waals surface area contributed by atoms with E-state index in [1.54, 1.807) is 16.2 Å². The first-order chi connectivity index (χ1) is 8.59. The molecule has 0 radical (unpaired) electrons. The molecule has 1 aromatic heterocycles. The molecule has 1 aliphatic heterocycles. The van der Waals surface area contributed by atoms with Crippen LogP contribution in [0.4, 0.5) is 5.00 Å². The third kappa shape index (κ3) is 3.12. The van der Waals surface area contributed by atoms with E-state index in [9.17, 15) is 4.79 Å². The lowest BCUT2D eigenvalue weighted by atomic mass is 10.2. The van der Waals surface area contributed by atoms with Crippen molar-refractivity contribution >= 4 is 38.2 Å². The van der Waals surface area contributed by atoms with Gasteiger partial charge in [-0.1, -0.05) is 0 Å². The highest BCUT2D eigenvalue weighted by Gasteiger charge is 2.26. The van der Waals surface area contributed by atoms with Crippen LogP contribution < -0.4 is 10.2 Å². The highest BCUT2D eigenvalue weighted by Crippen LogP contribution is 2.29. The van der Waals surface area contributed by atoms with Crippen molar-refractivity contribution in [3.05, 3.63) is 15.9 Å². The molecule has 100 valence electrons. The molecule has 18 heavy (non-hydrogen) atoms. The molecular weight excluding hydrogens is 314 g/mol. The van der Waals surface area contributed by atoms with Crippen LogP contribution in [0.5, 0.6) is 0 Å². The fourth-order valence-corrected chi connectivity index (χ4v) is 3.43. The van der Waals surface area contributed by atoms with Gasteiger partial charge in [-0.25, -0.2) is 0 Å². The number of carbonyl (C=O) groups is 1. The van der Waals surface area contributed by atoms with E-state index in [1.807, 2.05) is 26.1 Å². The van der Waals surface area contributed by atoms with Crippen LogP contribution in [0, 0.1) is 0 Å². The van der Waals surface area contributed by atoms with Gasteiger partial charge in [-0.15, -0.1) is 11.3 Å². The van der Waals surface area contributed by atoms with Crippen molar-refractivity contribution in [3.63, 3.8) is 0 Å². The number of nitrogens with zero attached hydrogens (tertiary/aromatic N) is 2. The van der Waals surface area contributed by atoms with Crippen LogP contribution in [0.1, 0.15) is 6.92 Å². The van der Waals surface area contributed by atoms with E-state index in [2.05, 4.69) is 26.1 Å². The van der Waals surface area contributed by atoms with Crippen molar-refractivity contribution in [2.75, 3.05) is 38.1 Å². The Kier molecular flexibility index (Phi) is 4.77. The monoisotopic (exact) mass is 331 g/mol. The average molecular weight is 332 g/mol. The highest BCUT2D eigenvalue weighted by molar-refractivity contribution is 9.11. The minimum Gasteiger partial charge on any atom is -0.314 e. The fourth-order valence-electron chi connectivity index (χ4n) is 2.10. The molecule has 0 bridgehead atoms. The SMILES string of the molecule is CC(C(=O)N(C)c1ccc(Br)s1)N1CCNCC1. The fraction of sp³-hybridized carbons (Fsp3) is 0.583. The molecule has 1 N–H and O–H groups in total. The lowest BCUT2D eigenvalue weighted by molar-refractivity contribution is -0.123. The quantitative estimate of drug-likeness (QED) is 0.916. The first-order valence-corrected chi connectivity index (χ1v) is 7.68. The van der Waals surface area contributed by atoms with Gasteiger partial charge in [0.05, 0.1) is 14.8 Å². The minimum absolute atomic E-state index is 0.0574. The summed E-state index contributed by atoms with van der Waals surface area (Å²) in [5, 5.41) is 4.28. The molecule has 0 aliphatic carbocycles. The summed E-state index contributed by atoms with van der Waals surface area (Å²) in [4.78, 5) is 16.4. The number of piperazine rings is 1. The van der Waals surface area contributed by atoms with Gasteiger partial charge >= 0.3 is 0 Å². The number of likely N-dealkylation sites (N-methyl/N-ethyl adjacent to an activating group) is 1. The van der Waals surface area contributed by atoms with Crippen molar-refractivity contribution in [2.24, 2.45) is 0 Å². The number of rotatable bonds is 3. The van der Waals surface area contributed by atoms with Crippen molar-refractivity contribution in [3.8, 4) is 0 Å². The number of nitrogens with one attached hydrogen (secondary N) is 1. The summed E-state index contributed by atoms with van der Waals surface area (Å²) in [7, 11) is 1.85. The third-order valence-corrected chi connectivity index (χ3v) is 4.98. The molecule has 0 spiro atoms. The second-order valence-corrected chi connectivity index (χ2v) is 6.88. The first kappa shape index (κ1) is 14.0. The molecule has 1 fully saturated rings. The molecule has 6 heteroatoms. The number of hydrogen-bond donors (Lipinski definition) is 1. The summed E-state index contributed by atoms with van der Waals surface area (Å²) in [6.45, 7) is 5.80. The maximum atomic E-state index is 12.4. The topological polar surface area (TPSA) is 35.6 Å². The number of carbonyl (C=O) groups excluding carboxylic acids is 1. The van der Waals surface area contributed by atoms with Crippen LogP contribution in [0.3, 0.4) is 0 Å². The number of hydrogen-bond acceptors (Lipinski definition) is 4. The summed E-state index contributed by atoms with van der Waals surface area (Å²) >= 11 is 5.00. The summed E-state index contributed by atoms with van der Waals surface area (Å²) in [5.41, 5.74) is 0. The van der Waals surface area contributed by atoms with Gasteiger partial charge in [0, 0.05) is 33.2 Å². The van der Waals surface area contributed by atoms with Crippen LogP contribution in [0.25, 0.3) is 0 Å². The molecule has 2 rings (SSSR count). The van der Waals surface area contributed by atoms with Crippen LogP contribution in [-0.2, 0) is 4.79 Å². The highest BCUT2D eigenvalue weighted by atomic mass is 79.9. The lowest BCUT2D eigenvalue weighted by Crippen LogP contribution is -2.53. The molecule has 1 aliphatic rings. The number of thiophene rings is 1. The zero-order chi connectivity index (χ0) is 13.1. The molecule has 0 aromatic carbocycles. The van der Waals surface area contributed by atoms with E-state index in [4.69, 9.17) is 0 Å². The Bertz CT molecular complexity index is 417. The maximum absolute atomic E-state index is 12.4. The van der Waals surface area contributed by atoms with Gasteiger partial charge in [-0.05, 0) is 35.0 Å². The standard InChI is InChI=1S/C12H18BrN3OS/c1-9(16-7-5-14-6-8-16)12(17)15(2)11-4-3-10(13)18-11/h3-4,9,14H,5-8H2,1-2H3. The predicted octanol–water partition coefficient (Wildman–Crippen LogP) is 1.77. The van der Waals surface area contributed by atoms with E-state index in [0.717, 1.165) is 35.0 Å². The number of amides is 1. The zero-order valence-corrected chi connectivity index (χ0v) is 13.1. The molecule has 1 atom stereocenters. The largest absolute Gasteiger partial charge is 0.314 e. The number of halogens is 1. The Balaban J connectivity index is 2.01. The van der Waals surface area contributed by atoms with Gasteiger partial charge < -0.3 is 10.2 Å². The summed E-state index contributed by atoms with van der Waals surface area (Å²) in [6.07, 6.45) is 0. The minimum atomic E-state index is -0.0574. The molecule has 1 amide bonds. The third-order valence-electron chi connectivity index (χ3n) is 3.28. The van der Waals surface area contributed by atoms with E-state index in [1.165, 1.54) is 0 Å². The second-order valence-electron chi connectivity index (χ2n) is 4.44. The molecule has 1 saturated heterocycles. The molecule has 4 nitrogen and oxygen atoms in total. The van der Waals surface area contributed by atoms with Crippen LogP contribution in [0.15, 0.2) is 15.9 Å². The van der Waals surface area contributed by atoms with Gasteiger partial charge in [-0.2, -0.15) is 0 Å². The second kappa shape index (κ2) is 6.14. The smallest absolute Gasteiger partial charge is 0.244 e. The van der Waals surface area contributed by atoms with Gasteiger partial charge in [0.25, 0.3) is 0 Å². The van der Waals surface area contributed by atoms with Crippen LogP contribution >= 0.6 is 27.3 Å². The Labute approximate surface area is 120 Å². The van der Waals surface area contributed by atoms with E-state index in [-0.39, 0.29) is 11.9 Å². The van der Waals surface area contributed by atoms with E-state index in [0.29, 0.717) is 0 Å². The maximum Gasteiger partial charge on any atom is 0.244 e. The summed E-state index contributed by atoms with van der Waals surface area (Å²) < 4.78 is 1.05. The first-order valence-electron chi connectivity index (χ1n) is 6.07. The zero-order valence-electron chi connectivity index (χ0n) is 10.6. The molecule has 1 aromatic rings. The van der Waals surface area contributed by atoms with Crippen LogP contribution in [-0.4, -0.2) is 50.1 Å². The molecule has 1 unspecified atom stereocenters. The Morgan fingerprint density at radius 2 is 2.17 bits per heavy atom. The van der Waals surface area contributed by atoms with Gasteiger partial charge in [0.15, 0.2) is 0 Å². The van der Waals surface area contributed by atoms with Crippen LogP contribution in [0.2, 0.25) is 0 Å². The molecular formula is C12H18BrN3OS. The molecule has 2 heterocycles. The Morgan fingerprint density at radius 1 is 1.50 bits per heavy atom. The Hall–Kier alpha value is -0.430. The van der Waals surface area contributed by atoms with Gasteiger partial charge in [-0.3, -0.25) is 9.69 Å².